The largest absolute Gasteiger partial charge is 0.485 e. The molecule has 1 aliphatic heterocycles. The number of benzene rings is 2. The molecular weight excluding hydrogens is 402 g/mol. The monoisotopic (exact) mass is 427 g/mol. The van der Waals surface area contributed by atoms with E-state index in [0.29, 0.717) is 28.8 Å². The summed E-state index contributed by atoms with van der Waals surface area (Å²) in [6.45, 7) is 3.88. The van der Waals surface area contributed by atoms with Gasteiger partial charge in [-0.25, -0.2) is 4.90 Å². The van der Waals surface area contributed by atoms with Gasteiger partial charge in [-0.1, -0.05) is 30.4 Å². The van der Waals surface area contributed by atoms with E-state index in [2.05, 4.69) is 12.2 Å². The normalized spacial score (nSPS) is 31.5. The second kappa shape index (κ2) is 6.89. The first-order valence-electron chi connectivity index (χ1n) is 11.3. The second-order valence-corrected chi connectivity index (χ2v) is 9.67. The molecule has 2 aromatic rings. The average Bonchev–Trinajstić information content (AvgIpc) is 3.57. The summed E-state index contributed by atoms with van der Waals surface area (Å²) in [5, 5.41) is 0. The molecule has 5 aliphatic rings. The van der Waals surface area contributed by atoms with Gasteiger partial charge in [-0.3, -0.25) is 14.4 Å². The van der Waals surface area contributed by atoms with Crippen LogP contribution in [0.4, 0.5) is 5.69 Å². The molecule has 2 bridgehead atoms. The molecule has 0 unspecified atom stereocenters. The molecule has 5 heteroatoms. The van der Waals surface area contributed by atoms with Gasteiger partial charge in [0, 0.05) is 11.6 Å². The molecule has 32 heavy (non-hydrogen) atoms. The summed E-state index contributed by atoms with van der Waals surface area (Å²) in [7, 11) is 0. The number of rotatable bonds is 5. The predicted octanol–water partition coefficient (Wildman–Crippen LogP) is 4.12. The zero-order valence-corrected chi connectivity index (χ0v) is 18.2. The van der Waals surface area contributed by atoms with Gasteiger partial charge in [0.05, 0.1) is 17.5 Å². The van der Waals surface area contributed by atoms with Crippen LogP contribution in [-0.2, 0) is 9.59 Å². The number of Topliss-reactive ketones (excluding diaryl/α,β-unsaturated/α-hetero) is 1. The minimum atomic E-state index is -0.225. The molecule has 1 heterocycles. The van der Waals surface area contributed by atoms with Crippen molar-refractivity contribution in [2.45, 2.75) is 20.3 Å². The molecular formula is C27H25NO4. The van der Waals surface area contributed by atoms with Crippen molar-refractivity contribution in [2.75, 3.05) is 11.5 Å². The Balaban J connectivity index is 1.20. The maximum Gasteiger partial charge on any atom is 0.238 e. The Labute approximate surface area is 187 Å². The summed E-state index contributed by atoms with van der Waals surface area (Å²) in [5.74, 6) is 1.29. The van der Waals surface area contributed by atoms with Gasteiger partial charge in [-0.15, -0.1) is 0 Å². The minimum Gasteiger partial charge on any atom is -0.485 e. The lowest BCUT2D eigenvalue weighted by molar-refractivity contribution is -0.124. The summed E-state index contributed by atoms with van der Waals surface area (Å²) >= 11 is 0. The Hall–Kier alpha value is -3.21. The lowest BCUT2D eigenvalue weighted by Crippen LogP contribution is -2.40. The van der Waals surface area contributed by atoms with E-state index >= 15 is 0 Å². The van der Waals surface area contributed by atoms with Crippen LogP contribution in [0.15, 0.2) is 54.6 Å². The highest BCUT2D eigenvalue weighted by atomic mass is 16.5. The number of nitrogens with zero attached hydrogens (tertiary/aromatic N) is 1. The topological polar surface area (TPSA) is 63.7 Å². The molecule has 3 fully saturated rings. The minimum absolute atomic E-state index is 0.0898. The summed E-state index contributed by atoms with van der Waals surface area (Å²) in [6, 6.07) is 12.6. The van der Waals surface area contributed by atoms with E-state index in [4.69, 9.17) is 4.74 Å². The van der Waals surface area contributed by atoms with Gasteiger partial charge in [0.15, 0.2) is 12.4 Å². The first kappa shape index (κ1) is 19.5. The number of amides is 2. The quantitative estimate of drug-likeness (QED) is 0.409. The number of hydrogen-bond donors (Lipinski definition) is 0. The molecule has 4 aliphatic carbocycles. The van der Waals surface area contributed by atoms with E-state index in [-0.39, 0.29) is 47.9 Å². The number of anilines is 1. The molecule has 0 aromatic heterocycles. The zero-order chi connectivity index (χ0) is 22.1. The van der Waals surface area contributed by atoms with E-state index < -0.39 is 0 Å². The van der Waals surface area contributed by atoms with Crippen molar-refractivity contribution >= 4 is 23.3 Å². The van der Waals surface area contributed by atoms with Gasteiger partial charge in [0.2, 0.25) is 11.8 Å². The highest BCUT2D eigenvalue weighted by Crippen LogP contribution is 2.65. The van der Waals surface area contributed by atoms with Gasteiger partial charge < -0.3 is 4.74 Å². The van der Waals surface area contributed by atoms with Crippen molar-refractivity contribution in [1.82, 2.24) is 0 Å². The third kappa shape index (κ3) is 2.80. The number of aryl methyl sites for hydroxylation is 2. The standard InChI is InChI=1S/C27H25NO4/c1-14-6-7-16(10-15(14)2)23(29)13-32-18-5-3-4-17(11-18)28-26(30)24-19-8-9-20(22-12-21(19)22)25(24)27(28)31/h3-11,19-22,24-25H,12-13H2,1-2H3/t19-,20-,21-,22+,24-,25+/m0/s1. The fourth-order valence-electron chi connectivity index (χ4n) is 6.07. The number of carbonyl (C=O) groups is 3. The van der Waals surface area contributed by atoms with Crippen molar-refractivity contribution < 1.29 is 19.1 Å². The third-order valence-electron chi connectivity index (χ3n) is 7.94. The molecule has 6 atom stereocenters. The van der Waals surface area contributed by atoms with E-state index in [1.807, 2.05) is 26.0 Å². The van der Waals surface area contributed by atoms with Crippen molar-refractivity contribution in [3.8, 4) is 5.75 Å². The smallest absolute Gasteiger partial charge is 0.238 e. The number of allylic oxidation sites excluding steroid dienone is 2. The Kier molecular flexibility index (Phi) is 4.19. The second-order valence-electron chi connectivity index (χ2n) is 9.67. The lowest BCUT2D eigenvalue weighted by Gasteiger charge is -2.37. The Morgan fingerprint density at radius 3 is 2.28 bits per heavy atom. The average molecular weight is 428 g/mol. The molecule has 2 amide bonds. The van der Waals surface area contributed by atoms with Crippen LogP contribution >= 0.6 is 0 Å². The highest BCUT2D eigenvalue weighted by Gasteiger charge is 2.67. The van der Waals surface area contributed by atoms with Crippen molar-refractivity contribution in [2.24, 2.45) is 35.5 Å². The van der Waals surface area contributed by atoms with Gasteiger partial charge in [0.1, 0.15) is 5.75 Å². The lowest BCUT2D eigenvalue weighted by atomic mass is 9.63. The SMILES string of the molecule is Cc1ccc(C(=O)COc2cccc(N3C(=O)[C@@H]4[C@H]5C=C[C@@H]([C@@H]6C[C@H]56)[C@@H]4C3=O)c2)cc1C. The van der Waals surface area contributed by atoms with E-state index in [0.717, 1.165) is 17.5 Å². The number of carbonyl (C=O) groups excluding carboxylic acids is 3. The van der Waals surface area contributed by atoms with Crippen LogP contribution in [0, 0.1) is 49.4 Å². The molecule has 0 spiro atoms. The molecule has 1 saturated heterocycles. The highest BCUT2D eigenvalue weighted by molar-refractivity contribution is 6.22. The van der Waals surface area contributed by atoms with E-state index in [9.17, 15) is 14.4 Å². The molecule has 7 rings (SSSR count). The number of ketones is 1. The van der Waals surface area contributed by atoms with Gasteiger partial charge in [0.25, 0.3) is 0 Å². The number of imide groups is 1. The zero-order valence-electron chi connectivity index (χ0n) is 18.2. The molecule has 162 valence electrons. The van der Waals surface area contributed by atoms with Gasteiger partial charge in [-0.05, 0) is 73.3 Å². The third-order valence-corrected chi connectivity index (χ3v) is 7.94. The van der Waals surface area contributed by atoms with E-state index in [1.54, 1.807) is 30.3 Å². The Morgan fingerprint density at radius 1 is 0.938 bits per heavy atom. The van der Waals surface area contributed by atoms with Crippen molar-refractivity contribution in [3.63, 3.8) is 0 Å². The summed E-state index contributed by atoms with van der Waals surface area (Å²) in [5.41, 5.74) is 3.33. The van der Waals surface area contributed by atoms with Crippen LogP contribution in [0.1, 0.15) is 27.9 Å². The van der Waals surface area contributed by atoms with Gasteiger partial charge >= 0.3 is 0 Å². The van der Waals surface area contributed by atoms with Crippen molar-refractivity contribution in [1.29, 1.82) is 0 Å². The number of ether oxygens (including phenoxy) is 1. The van der Waals surface area contributed by atoms with Gasteiger partial charge in [-0.2, -0.15) is 0 Å². The van der Waals surface area contributed by atoms with E-state index in [1.165, 1.54) is 4.90 Å². The van der Waals surface area contributed by atoms with Crippen LogP contribution in [0.3, 0.4) is 0 Å². The van der Waals surface area contributed by atoms with Crippen LogP contribution in [0.2, 0.25) is 0 Å². The van der Waals surface area contributed by atoms with Crippen LogP contribution in [-0.4, -0.2) is 24.2 Å². The first-order chi connectivity index (χ1) is 15.4. The molecule has 2 saturated carbocycles. The maximum atomic E-state index is 13.3. The predicted molar refractivity (Wildman–Crippen MR) is 119 cm³/mol. The fraction of sp³-hybridized carbons (Fsp3) is 0.370. The molecule has 2 aromatic carbocycles. The number of hydrogen-bond acceptors (Lipinski definition) is 4. The Bertz CT molecular complexity index is 1160. The van der Waals surface area contributed by atoms with Crippen molar-refractivity contribution in [3.05, 3.63) is 71.3 Å². The molecule has 0 N–H and O–H groups in total. The fourth-order valence-corrected chi connectivity index (χ4v) is 6.07. The molecule has 0 radical (unpaired) electrons. The van der Waals surface area contributed by atoms with Crippen LogP contribution in [0.5, 0.6) is 5.75 Å². The summed E-state index contributed by atoms with van der Waals surface area (Å²) in [4.78, 5) is 40.5. The van der Waals surface area contributed by atoms with Crippen LogP contribution in [0.25, 0.3) is 0 Å². The summed E-state index contributed by atoms with van der Waals surface area (Å²) in [6.07, 6.45) is 5.49. The molecule has 5 nitrogen and oxygen atoms in total. The van der Waals surface area contributed by atoms with Crippen LogP contribution < -0.4 is 9.64 Å². The first-order valence-corrected chi connectivity index (χ1v) is 11.3. The summed E-state index contributed by atoms with van der Waals surface area (Å²) < 4.78 is 5.75. The maximum absolute atomic E-state index is 13.3. The Morgan fingerprint density at radius 2 is 1.62 bits per heavy atom.